The molecule has 0 unspecified atom stereocenters. The molecule has 1 atom stereocenters. The van der Waals surface area contributed by atoms with Gasteiger partial charge in [-0.2, -0.15) is 13.2 Å². The normalized spacial score (nSPS) is 15.0. The van der Waals surface area contributed by atoms with Gasteiger partial charge >= 0.3 is 6.18 Å². The Bertz CT molecular complexity index is 424. The number of amides is 1. The van der Waals surface area contributed by atoms with Gasteiger partial charge in [0, 0.05) is 5.69 Å². The summed E-state index contributed by atoms with van der Waals surface area (Å²) < 4.78 is 37.1. The van der Waals surface area contributed by atoms with Gasteiger partial charge in [0.15, 0.2) is 5.60 Å². The van der Waals surface area contributed by atoms with E-state index in [9.17, 15) is 18.0 Å². The zero-order valence-electron chi connectivity index (χ0n) is 10.0. The monoisotopic (exact) mass is 261 g/mol. The molecule has 6 heteroatoms. The number of nitrogens with one attached hydrogen (secondary N) is 1. The maximum atomic E-state index is 12.4. The fourth-order valence-corrected chi connectivity index (χ4v) is 1.25. The first-order valence-corrected chi connectivity index (χ1v) is 5.27. The molecule has 2 N–H and O–H groups in total. The maximum absolute atomic E-state index is 12.4. The number of hydrogen-bond donors (Lipinski definition) is 2. The van der Waals surface area contributed by atoms with Gasteiger partial charge in [0.2, 0.25) is 5.91 Å². The molecule has 1 amide bonds. The molecule has 0 aliphatic rings. The third-order valence-electron chi connectivity index (χ3n) is 2.45. The lowest BCUT2D eigenvalue weighted by Gasteiger charge is -2.25. The number of carbonyl (C=O) groups excluding carboxylic acids is 1. The second-order valence-corrected chi connectivity index (χ2v) is 4.36. The van der Waals surface area contributed by atoms with E-state index < -0.39 is 24.1 Å². The number of benzene rings is 1. The van der Waals surface area contributed by atoms with Crippen LogP contribution in [0.2, 0.25) is 0 Å². The lowest BCUT2D eigenvalue weighted by molar-refractivity contribution is -0.252. The van der Waals surface area contributed by atoms with Crippen LogP contribution in [0.3, 0.4) is 0 Å². The SMILES string of the molecule is Cc1ccc(NC(=O)C[C@](C)(O)C(F)(F)F)cc1. The first kappa shape index (κ1) is 14.5. The number of aryl methyl sites for hydroxylation is 1. The Labute approximate surface area is 103 Å². The Morgan fingerprint density at radius 2 is 1.78 bits per heavy atom. The van der Waals surface area contributed by atoms with Crippen molar-refractivity contribution in [2.24, 2.45) is 0 Å². The van der Waals surface area contributed by atoms with Crippen molar-refractivity contribution in [3.05, 3.63) is 29.8 Å². The maximum Gasteiger partial charge on any atom is 0.417 e. The highest BCUT2D eigenvalue weighted by atomic mass is 19.4. The van der Waals surface area contributed by atoms with Crippen LogP contribution in [-0.2, 0) is 4.79 Å². The second kappa shape index (κ2) is 4.97. The first-order valence-electron chi connectivity index (χ1n) is 5.27. The third-order valence-corrected chi connectivity index (χ3v) is 2.45. The van der Waals surface area contributed by atoms with Crippen LogP contribution in [0.15, 0.2) is 24.3 Å². The van der Waals surface area contributed by atoms with Crippen molar-refractivity contribution in [2.45, 2.75) is 32.0 Å². The first-order chi connectivity index (χ1) is 8.12. The van der Waals surface area contributed by atoms with E-state index in [1.54, 1.807) is 24.3 Å². The van der Waals surface area contributed by atoms with E-state index in [-0.39, 0.29) is 0 Å². The van der Waals surface area contributed by atoms with E-state index in [0.29, 0.717) is 12.6 Å². The van der Waals surface area contributed by atoms with Gasteiger partial charge < -0.3 is 10.4 Å². The molecular formula is C12H14F3NO2. The average molecular weight is 261 g/mol. The van der Waals surface area contributed by atoms with Crippen molar-refractivity contribution >= 4 is 11.6 Å². The van der Waals surface area contributed by atoms with E-state index in [1.165, 1.54) is 0 Å². The van der Waals surface area contributed by atoms with Crippen molar-refractivity contribution < 1.29 is 23.1 Å². The van der Waals surface area contributed by atoms with Crippen LogP contribution in [0.5, 0.6) is 0 Å². The van der Waals surface area contributed by atoms with Crippen LogP contribution in [0.25, 0.3) is 0 Å². The Morgan fingerprint density at radius 3 is 2.22 bits per heavy atom. The van der Waals surface area contributed by atoms with Crippen LogP contribution in [0, 0.1) is 6.92 Å². The van der Waals surface area contributed by atoms with Gasteiger partial charge in [0.25, 0.3) is 0 Å². The predicted molar refractivity (Wildman–Crippen MR) is 61.1 cm³/mol. The molecule has 18 heavy (non-hydrogen) atoms. The molecule has 0 fully saturated rings. The van der Waals surface area contributed by atoms with Crippen LogP contribution in [0.4, 0.5) is 18.9 Å². The fourth-order valence-electron chi connectivity index (χ4n) is 1.25. The van der Waals surface area contributed by atoms with Crippen molar-refractivity contribution in [3.8, 4) is 0 Å². The predicted octanol–water partition coefficient (Wildman–Crippen LogP) is 2.64. The van der Waals surface area contributed by atoms with Crippen LogP contribution < -0.4 is 5.32 Å². The van der Waals surface area contributed by atoms with E-state index in [1.807, 2.05) is 6.92 Å². The quantitative estimate of drug-likeness (QED) is 0.878. The van der Waals surface area contributed by atoms with Crippen molar-refractivity contribution in [1.82, 2.24) is 0 Å². The van der Waals surface area contributed by atoms with Crippen LogP contribution in [0.1, 0.15) is 18.9 Å². The van der Waals surface area contributed by atoms with Gasteiger partial charge in [-0.15, -0.1) is 0 Å². The molecule has 3 nitrogen and oxygen atoms in total. The summed E-state index contributed by atoms with van der Waals surface area (Å²) in [6.07, 6.45) is -5.87. The summed E-state index contributed by atoms with van der Waals surface area (Å²) >= 11 is 0. The van der Waals surface area contributed by atoms with Crippen molar-refractivity contribution in [3.63, 3.8) is 0 Å². The fraction of sp³-hybridized carbons (Fsp3) is 0.417. The second-order valence-electron chi connectivity index (χ2n) is 4.36. The summed E-state index contributed by atoms with van der Waals surface area (Å²) in [5.41, 5.74) is -1.67. The number of carbonyl (C=O) groups is 1. The number of hydrogen-bond acceptors (Lipinski definition) is 2. The Hall–Kier alpha value is -1.56. The minimum Gasteiger partial charge on any atom is -0.380 e. The lowest BCUT2D eigenvalue weighted by atomic mass is 10.0. The van der Waals surface area contributed by atoms with E-state index in [0.717, 1.165) is 5.56 Å². The van der Waals surface area contributed by atoms with Crippen LogP contribution in [-0.4, -0.2) is 22.8 Å². The summed E-state index contributed by atoms with van der Waals surface area (Å²) in [6.45, 7) is 2.42. The highest BCUT2D eigenvalue weighted by Gasteiger charge is 2.50. The number of aliphatic hydroxyl groups is 1. The van der Waals surface area contributed by atoms with E-state index in [4.69, 9.17) is 5.11 Å². The standard InChI is InChI=1S/C12H14F3NO2/c1-8-3-5-9(6-4-8)16-10(17)7-11(2,18)12(13,14)15/h3-6,18H,7H2,1-2H3,(H,16,17)/t11-/m0/s1. The van der Waals surface area contributed by atoms with E-state index >= 15 is 0 Å². The highest BCUT2D eigenvalue weighted by Crippen LogP contribution is 2.32. The molecule has 1 aromatic rings. The molecule has 0 aromatic heterocycles. The van der Waals surface area contributed by atoms with E-state index in [2.05, 4.69) is 5.32 Å². The summed E-state index contributed by atoms with van der Waals surface area (Å²) in [5.74, 6) is -0.888. The minimum atomic E-state index is -4.84. The largest absolute Gasteiger partial charge is 0.417 e. The van der Waals surface area contributed by atoms with Crippen molar-refractivity contribution in [2.75, 3.05) is 5.32 Å². The van der Waals surface area contributed by atoms with Crippen LogP contribution >= 0.6 is 0 Å². The molecule has 1 aromatic carbocycles. The molecular weight excluding hydrogens is 247 g/mol. The molecule has 0 bridgehead atoms. The third kappa shape index (κ3) is 3.73. The minimum absolute atomic E-state index is 0.392. The summed E-state index contributed by atoms with van der Waals surface area (Å²) in [7, 11) is 0. The Morgan fingerprint density at radius 1 is 1.28 bits per heavy atom. The topological polar surface area (TPSA) is 49.3 Å². The Kier molecular flexibility index (Phi) is 4.01. The molecule has 1 rings (SSSR count). The summed E-state index contributed by atoms with van der Waals surface area (Å²) in [6, 6.07) is 6.60. The molecule has 100 valence electrons. The summed E-state index contributed by atoms with van der Waals surface area (Å²) in [5, 5.41) is 11.5. The number of halogens is 3. The molecule has 0 saturated carbocycles. The Balaban J connectivity index is 2.65. The lowest BCUT2D eigenvalue weighted by Crippen LogP contribution is -2.44. The van der Waals surface area contributed by atoms with Gasteiger partial charge in [-0.1, -0.05) is 17.7 Å². The van der Waals surface area contributed by atoms with Gasteiger partial charge in [-0.05, 0) is 26.0 Å². The molecule has 0 aliphatic carbocycles. The molecule has 0 saturated heterocycles. The van der Waals surface area contributed by atoms with Crippen molar-refractivity contribution in [1.29, 1.82) is 0 Å². The number of rotatable bonds is 3. The molecule has 0 aliphatic heterocycles. The van der Waals surface area contributed by atoms with Gasteiger partial charge in [0.05, 0.1) is 6.42 Å². The zero-order chi connectivity index (χ0) is 14.0. The van der Waals surface area contributed by atoms with Gasteiger partial charge in [-0.3, -0.25) is 4.79 Å². The smallest absolute Gasteiger partial charge is 0.380 e. The molecule has 0 spiro atoms. The molecule has 0 radical (unpaired) electrons. The number of anilines is 1. The summed E-state index contributed by atoms with van der Waals surface area (Å²) in [4.78, 5) is 11.4. The zero-order valence-corrected chi connectivity index (χ0v) is 10.0. The van der Waals surface area contributed by atoms with Gasteiger partial charge in [-0.25, -0.2) is 0 Å². The van der Waals surface area contributed by atoms with Gasteiger partial charge in [0.1, 0.15) is 0 Å². The molecule has 0 heterocycles. The number of alkyl halides is 3. The highest BCUT2D eigenvalue weighted by molar-refractivity contribution is 5.91. The average Bonchev–Trinajstić information content (AvgIpc) is 2.19.